The molecule has 0 unspecified atom stereocenters. The second-order valence-corrected chi connectivity index (χ2v) is 6.02. The normalized spacial score (nSPS) is 10.6. The number of carbonyl (C=O) groups excluding carboxylic acids is 1. The molecule has 8 heteroatoms. The highest BCUT2D eigenvalue weighted by molar-refractivity contribution is 14.0. The number of hydrogen-bond acceptors (Lipinski definition) is 4. The molecule has 0 spiro atoms. The number of carbonyl (C=O) groups is 1. The fourth-order valence-electron chi connectivity index (χ4n) is 1.98. The topological polar surface area (TPSA) is 74.8 Å². The average molecular weight is 474 g/mol. The van der Waals surface area contributed by atoms with Gasteiger partial charge in [-0.2, -0.15) is 0 Å². The molecule has 3 N–H and O–H groups in total. The predicted molar refractivity (Wildman–Crippen MR) is 113 cm³/mol. The zero-order valence-corrected chi connectivity index (χ0v) is 17.4. The molecule has 0 aliphatic rings. The summed E-state index contributed by atoms with van der Waals surface area (Å²) in [6.45, 7) is 1.33. The maximum atomic E-state index is 11.9. The van der Waals surface area contributed by atoms with Crippen molar-refractivity contribution in [2.24, 2.45) is 4.99 Å². The molecule has 0 saturated heterocycles. The molecular formula is C17H23IN4O2S. The van der Waals surface area contributed by atoms with Gasteiger partial charge in [-0.25, -0.2) is 0 Å². The molecule has 136 valence electrons. The van der Waals surface area contributed by atoms with Crippen LogP contribution in [0.15, 0.2) is 46.8 Å². The van der Waals surface area contributed by atoms with Gasteiger partial charge in [-0.3, -0.25) is 9.79 Å². The van der Waals surface area contributed by atoms with Crippen LogP contribution in [0.5, 0.6) is 5.75 Å². The Morgan fingerprint density at radius 2 is 1.88 bits per heavy atom. The smallest absolute Gasteiger partial charge is 0.239 e. The van der Waals surface area contributed by atoms with Crippen LogP contribution in [0.25, 0.3) is 0 Å². The summed E-state index contributed by atoms with van der Waals surface area (Å²) in [6, 6.07) is 11.6. The van der Waals surface area contributed by atoms with E-state index in [1.165, 1.54) is 4.88 Å². The van der Waals surface area contributed by atoms with Gasteiger partial charge in [0.2, 0.25) is 5.91 Å². The van der Waals surface area contributed by atoms with E-state index in [0.29, 0.717) is 19.0 Å². The number of rotatable bonds is 7. The van der Waals surface area contributed by atoms with Crippen LogP contribution < -0.4 is 20.7 Å². The molecule has 0 fully saturated rings. The van der Waals surface area contributed by atoms with Gasteiger partial charge in [0, 0.05) is 18.5 Å². The van der Waals surface area contributed by atoms with Crippen LogP contribution in [0.4, 0.5) is 0 Å². The lowest BCUT2D eigenvalue weighted by Gasteiger charge is -2.11. The van der Waals surface area contributed by atoms with E-state index < -0.39 is 0 Å². The first-order chi connectivity index (χ1) is 11.7. The van der Waals surface area contributed by atoms with E-state index in [0.717, 1.165) is 11.3 Å². The molecule has 1 aromatic heterocycles. The second-order valence-electron chi connectivity index (χ2n) is 4.98. The summed E-state index contributed by atoms with van der Waals surface area (Å²) in [5.74, 6) is 1.31. The molecule has 25 heavy (non-hydrogen) atoms. The molecule has 0 atom stereocenters. The van der Waals surface area contributed by atoms with Gasteiger partial charge >= 0.3 is 0 Å². The molecule has 0 aliphatic heterocycles. The summed E-state index contributed by atoms with van der Waals surface area (Å²) < 4.78 is 5.11. The Morgan fingerprint density at radius 1 is 1.12 bits per heavy atom. The molecular weight excluding hydrogens is 451 g/mol. The monoisotopic (exact) mass is 474 g/mol. The Morgan fingerprint density at radius 3 is 2.48 bits per heavy atom. The van der Waals surface area contributed by atoms with Gasteiger partial charge in [0.05, 0.1) is 20.2 Å². The molecule has 0 bridgehead atoms. The third-order valence-electron chi connectivity index (χ3n) is 3.30. The minimum atomic E-state index is -0.0927. The van der Waals surface area contributed by atoms with Crippen LogP contribution in [-0.4, -0.2) is 32.6 Å². The van der Waals surface area contributed by atoms with E-state index in [1.54, 1.807) is 25.5 Å². The zero-order valence-electron chi connectivity index (χ0n) is 14.2. The third kappa shape index (κ3) is 7.74. The van der Waals surface area contributed by atoms with Gasteiger partial charge in [-0.1, -0.05) is 18.2 Å². The van der Waals surface area contributed by atoms with Crippen LogP contribution in [0.3, 0.4) is 0 Å². The van der Waals surface area contributed by atoms with Gasteiger partial charge in [-0.15, -0.1) is 35.3 Å². The average Bonchev–Trinajstić information content (AvgIpc) is 3.14. The zero-order chi connectivity index (χ0) is 17.2. The Bertz CT molecular complexity index is 660. The van der Waals surface area contributed by atoms with Crippen molar-refractivity contribution in [1.82, 2.24) is 16.0 Å². The lowest BCUT2D eigenvalue weighted by molar-refractivity contribution is -0.120. The first-order valence-corrected chi connectivity index (χ1v) is 8.45. The second kappa shape index (κ2) is 11.7. The summed E-state index contributed by atoms with van der Waals surface area (Å²) in [5, 5.41) is 11.1. The van der Waals surface area contributed by atoms with E-state index in [2.05, 4.69) is 20.9 Å². The van der Waals surface area contributed by atoms with Gasteiger partial charge in [0.25, 0.3) is 0 Å². The number of thiophene rings is 1. The number of hydrogen-bond donors (Lipinski definition) is 3. The summed E-state index contributed by atoms with van der Waals surface area (Å²) in [6.07, 6.45) is 0. The summed E-state index contributed by atoms with van der Waals surface area (Å²) in [5.41, 5.74) is 1.02. The number of halogens is 1. The van der Waals surface area contributed by atoms with Crippen LogP contribution in [0, 0.1) is 0 Å². The van der Waals surface area contributed by atoms with Gasteiger partial charge in [-0.05, 0) is 29.1 Å². The van der Waals surface area contributed by atoms with Crippen molar-refractivity contribution in [3.63, 3.8) is 0 Å². The fraction of sp³-hybridized carbons (Fsp3) is 0.294. The molecule has 0 radical (unpaired) electrons. The number of ether oxygens (including phenoxy) is 1. The number of benzene rings is 1. The quantitative estimate of drug-likeness (QED) is 0.327. The maximum absolute atomic E-state index is 11.9. The van der Waals surface area contributed by atoms with E-state index >= 15 is 0 Å². The Labute approximate surface area is 169 Å². The molecule has 6 nitrogen and oxygen atoms in total. The molecule has 1 amide bonds. The number of nitrogens with zero attached hydrogens (tertiary/aromatic N) is 1. The third-order valence-corrected chi connectivity index (χ3v) is 4.18. The SMILES string of the molecule is CN=C(NCC(=O)NCc1ccc(OC)cc1)NCc1cccs1.I. The van der Waals surface area contributed by atoms with Gasteiger partial charge in [0.15, 0.2) is 5.96 Å². The van der Waals surface area contributed by atoms with Crippen LogP contribution in [-0.2, 0) is 17.9 Å². The highest BCUT2D eigenvalue weighted by Gasteiger charge is 2.04. The minimum absolute atomic E-state index is 0. The van der Waals surface area contributed by atoms with Gasteiger partial charge in [0.1, 0.15) is 5.75 Å². The van der Waals surface area contributed by atoms with Crippen LogP contribution in [0.2, 0.25) is 0 Å². The summed E-state index contributed by atoms with van der Waals surface area (Å²) >= 11 is 1.67. The summed E-state index contributed by atoms with van der Waals surface area (Å²) in [7, 11) is 3.31. The van der Waals surface area contributed by atoms with E-state index in [9.17, 15) is 4.79 Å². The van der Waals surface area contributed by atoms with Crippen molar-refractivity contribution in [3.05, 3.63) is 52.2 Å². The van der Waals surface area contributed by atoms with Crippen molar-refractivity contribution in [2.45, 2.75) is 13.1 Å². The number of methoxy groups -OCH3 is 1. The molecule has 0 aliphatic carbocycles. The van der Waals surface area contributed by atoms with Crippen molar-refractivity contribution in [2.75, 3.05) is 20.7 Å². The molecule has 2 rings (SSSR count). The first-order valence-electron chi connectivity index (χ1n) is 7.58. The minimum Gasteiger partial charge on any atom is -0.497 e. The van der Waals surface area contributed by atoms with Crippen molar-refractivity contribution in [1.29, 1.82) is 0 Å². The molecule has 1 aromatic carbocycles. The Balaban J connectivity index is 0.00000312. The maximum Gasteiger partial charge on any atom is 0.239 e. The van der Waals surface area contributed by atoms with Crippen LogP contribution >= 0.6 is 35.3 Å². The van der Waals surface area contributed by atoms with Gasteiger partial charge < -0.3 is 20.7 Å². The number of nitrogens with one attached hydrogen (secondary N) is 3. The number of amides is 1. The molecule has 1 heterocycles. The lowest BCUT2D eigenvalue weighted by atomic mass is 10.2. The van der Waals surface area contributed by atoms with Crippen molar-refractivity contribution in [3.8, 4) is 5.75 Å². The van der Waals surface area contributed by atoms with Crippen molar-refractivity contribution < 1.29 is 9.53 Å². The van der Waals surface area contributed by atoms with Crippen LogP contribution in [0.1, 0.15) is 10.4 Å². The largest absolute Gasteiger partial charge is 0.497 e. The lowest BCUT2D eigenvalue weighted by Crippen LogP contribution is -2.42. The Kier molecular flexibility index (Phi) is 9.93. The van der Waals surface area contributed by atoms with E-state index in [4.69, 9.17) is 4.74 Å². The summed E-state index contributed by atoms with van der Waals surface area (Å²) in [4.78, 5) is 17.2. The van der Waals surface area contributed by atoms with E-state index in [-0.39, 0.29) is 36.4 Å². The fourth-order valence-corrected chi connectivity index (χ4v) is 2.62. The highest BCUT2D eigenvalue weighted by Crippen LogP contribution is 2.10. The molecule has 0 saturated carbocycles. The first kappa shape index (κ1) is 21.2. The number of guanidine groups is 1. The Hall–Kier alpha value is -1.81. The molecule has 2 aromatic rings. The highest BCUT2D eigenvalue weighted by atomic mass is 127. The standard InChI is InChI=1S/C17H22N4O2S.HI/c1-18-17(20-11-15-4-3-9-24-15)21-12-16(22)19-10-13-5-7-14(23-2)8-6-13;/h3-9H,10-12H2,1-2H3,(H,19,22)(H2,18,20,21);1H. The van der Waals surface area contributed by atoms with Crippen molar-refractivity contribution >= 4 is 47.2 Å². The number of aliphatic imine (C=N–C) groups is 1. The van der Waals surface area contributed by atoms with E-state index in [1.807, 2.05) is 41.8 Å². The predicted octanol–water partition coefficient (Wildman–Crippen LogP) is 2.36.